The average Bonchev–Trinajstić information content (AvgIpc) is 2.84. The number of rotatable bonds is 6. The molecule has 0 N–H and O–H groups in total. The summed E-state index contributed by atoms with van der Waals surface area (Å²) in [7, 11) is 0. The van der Waals surface area contributed by atoms with Gasteiger partial charge in [0.2, 0.25) is 0 Å². The summed E-state index contributed by atoms with van der Waals surface area (Å²) in [6.07, 6.45) is 2.64. The topological polar surface area (TPSA) is 52.0 Å². The highest BCUT2D eigenvalue weighted by atomic mass is 15.2. The van der Waals surface area contributed by atoms with Crippen molar-refractivity contribution in [2.24, 2.45) is 11.0 Å². The molecule has 13 heavy (non-hydrogen) atoms. The first-order chi connectivity index (χ1) is 6.24. The van der Waals surface area contributed by atoms with Crippen LogP contribution in [0.15, 0.2) is 5.11 Å². The van der Waals surface area contributed by atoms with Gasteiger partial charge in [0, 0.05) is 30.6 Å². The third-order valence-corrected chi connectivity index (χ3v) is 2.21. The van der Waals surface area contributed by atoms with Crippen LogP contribution < -0.4 is 0 Å². The van der Waals surface area contributed by atoms with Gasteiger partial charge in [-0.25, -0.2) is 0 Å². The third kappa shape index (κ3) is 4.15. The van der Waals surface area contributed by atoms with Crippen LogP contribution in [0.1, 0.15) is 26.7 Å². The normalized spacial score (nSPS) is 16.3. The molecule has 4 nitrogen and oxygen atoms in total. The molecule has 0 saturated heterocycles. The Hall–Kier alpha value is -0.730. The molecule has 1 aliphatic carbocycles. The van der Waals surface area contributed by atoms with Crippen LogP contribution in [-0.4, -0.2) is 30.6 Å². The Labute approximate surface area is 79.5 Å². The summed E-state index contributed by atoms with van der Waals surface area (Å²) in [5, 5.41) is 3.57. The highest BCUT2D eigenvalue weighted by molar-refractivity contribution is 4.85. The fraction of sp³-hybridized carbons (Fsp3) is 1.00. The first-order valence-electron chi connectivity index (χ1n) is 4.99. The Morgan fingerprint density at radius 3 is 2.69 bits per heavy atom. The molecule has 0 aromatic rings. The highest BCUT2D eigenvalue weighted by Gasteiger charge is 2.28. The molecule has 74 valence electrons. The van der Waals surface area contributed by atoms with Crippen LogP contribution in [0.2, 0.25) is 0 Å². The quantitative estimate of drug-likeness (QED) is 0.353. The number of hydrogen-bond acceptors (Lipinski definition) is 2. The fourth-order valence-electron chi connectivity index (χ4n) is 1.55. The van der Waals surface area contributed by atoms with Crippen molar-refractivity contribution >= 4 is 0 Å². The molecule has 1 aliphatic rings. The van der Waals surface area contributed by atoms with E-state index in [1.165, 1.54) is 12.8 Å². The fourth-order valence-corrected chi connectivity index (χ4v) is 1.55. The molecule has 0 unspecified atom stereocenters. The summed E-state index contributed by atoms with van der Waals surface area (Å²) < 4.78 is 0. The molecule has 1 fully saturated rings. The highest BCUT2D eigenvalue weighted by Crippen LogP contribution is 2.27. The summed E-state index contributed by atoms with van der Waals surface area (Å²) >= 11 is 0. The molecule has 0 aliphatic heterocycles. The zero-order valence-corrected chi connectivity index (χ0v) is 8.48. The molecule has 1 saturated carbocycles. The van der Waals surface area contributed by atoms with Gasteiger partial charge in [-0.3, -0.25) is 0 Å². The van der Waals surface area contributed by atoms with E-state index in [0.717, 1.165) is 19.1 Å². The molecule has 1 rings (SSSR count). The van der Waals surface area contributed by atoms with E-state index in [1.54, 1.807) is 0 Å². The minimum atomic E-state index is 0.611. The Morgan fingerprint density at radius 1 is 1.54 bits per heavy atom. The summed E-state index contributed by atoms with van der Waals surface area (Å²) in [6.45, 7) is 7.12. The van der Waals surface area contributed by atoms with Crippen LogP contribution in [0.25, 0.3) is 10.4 Å². The van der Waals surface area contributed by atoms with Crippen molar-refractivity contribution in [2.75, 3.05) is 19.6 Å². The molecule has 0 radical (unpaired) electrons. The maximum atomic E-state index is 8.16. The van der Waals surface area contributed by atoms with E-state index in [0.29, 0.717) is 12.5 Å². The molecule has 0 amide bonds. The van der Waals surface area contributed by atoms with Gasteiger partial charge in [-0.15, -0.1) is 0 Å². The van der Waals surface area contributed by atoms with Crippen molar-refractivity contribution in [1.82, 2.24) is 4.90 Å². The van der Waals surface area contributed by atoms with Crippen LogP contribution >= 0.6 is 0 Å². The SMILES string of the molecule is CC(C)CN(CCN=[N+]=[N-])C1CC1. The second-order valence-corrected chi connectivity index (χ2v) is 4.07. The zero-order chi connectivity index (χ0) is 9.68. The van der Waals surface area contributed by atoms with Gasteiger partial charge in [0.1, 0.15) is 0 Å². The molecular weight excluding hydrogens is 164 g/mol. The summed E-state index contributed by atoms with van der Waals surface area (Å²) in [6, 6.07) is 0.774. The Kier molecular flexibility index (Phi) is 4.06. The molecule has 0 heterocycles. The maximum absolute atomic E-state index is 8.16. The lowest BCUT2D eigenvalue weighted by atomic mass is 10.2. The van der Waals surface area contributed by atoms with Gasteiger partial charge in [0.05, 0.1) is 0 Å². The van der Waals surface area contributed by atoms with Gasteiger partial charge in [0.15, 0.2) is 0 Å². The van der Waals surface area contributed by atoms with Gasteiger partial charge in [-0.05, 0) is 24.3 Å². The van der Waals surface area contributed by atoms with Crippen LogP contribution in [0.4, 0.5) is 0 Å². The average molecular weight is 182 g/mol. The van der Waals surface area contributed by atoms with Crippen LogP contribution in [0, 0.1) is 5.92 Å². The Bertz CT molecular complexity index is 192. The second-order valence-electron chi connectivity index (χ2n) is 4.07. The molecule has 0 aromatic heterocycles. The van der Waals surface area contributed by atoms with Crippen LogP contribution in [-0.2, 0) is 0 Å². The van der Waals surface area contributed by atoms with Gasteiger partial charge >= 0.3 is 0 Å². The van der Waals surface area contributed by atoms with Crippen molar-refractivity contribution < 1.29 is 0 Å². The van der Waals surface area contributed by atoms with E-state index in [-0.39, 0.29) is 0 Å². The third-order valence-electron chi connectivity index (χ3n) is 2.21. The van der Waals surface area contributed by atoms with Crippen molar-refractivity contribution in [3.63, 3.8) is 0 Å². The second kappa shape index (κ2) is 5.10. The van der Waals surface area contributed by atoms with Crippen molar-refractivity contribution in [2.45, 2.75) is 32.7 Å². The van der Waals surface area contributed by atoms with E-state index in [9.17, 15) is 0 Å². The van der Waals surface area contributed by atoms with E-state index < -0.39 is 0 Å². The molecule has 0 aromatic carbocycles. The standard InChI is InChI=1S/C9H18N4/c1-8(2)7-13(9-3-4-9)6-5-11-12-10/h8-9H,3-7H2,1-2H3. The number of azide groups is 1. The number of hydrogen-bond donors (Lipinski definition) is 0. The van der Waals surface area contributed by atoms with Crippen LogP contribution in [0.3, 0.4) is 0 Å². The Morgan fingerprint density at radius 2 is 2.23 bits per heavy atom. The van der Waals surface area contributed by atoms with Gasteiger partial charge in [0.25, 0.3) is 0 Å². The smallest absolute Gasteiger partial charge is 0.0385 e. The lowest BCUT2D eigenvalue weighted by Gasteiger charge is -2.22. The number of nitrogens with zero attached hydrogens (tertiary/aromatic N) is 4. The van der Waals surface area contributed by atoms with Crippen molar-refractivity contribution in [3.05, 3.63) is 10.4 Å². The first kappa shape index (κ1) is 10.4. The van der Waals surface area contributed by atoms with E-state index in [1.807, 2.05) is 0 Å². The van der Waals surface area contributed by atoms with Crippen LogP contribution in [0.5, 0.6) is 0 Å². The lowest BCUT2D eigenvalue weighted by Crippen LogP contribution is -2.32. The van der Waals surface area contributed by atoms with E-state index in [4.69, 9.17) is 5.53 Å². The van der Waals surface area contributed by atoms with E-state index >= 15 is 0 Å². The largest absolute Gasteiger partial charge is 0.300 e. The maximum Gasteiger partial charge on any atom is 0.0385 e. The minimum Gasteiger partial charge on any atom is -0.300 e. The zero-order valence-electron chi connectivity index (χ0n) is 8.48. The van der Waals surface area contributed by atoms with Gasteiger partial charge in [-0.1, -0.05) is 19.0 Å². The lowest BCUT2D eigenvalue weighted by molar-refractivity contribution is 0.241. The monoisotopic (exact) mass is 182 g/mol. The summed E-state index contributed by atoms with van der Waals surface area (Å²) in [4.78, 5) is 5.21. The van der Waals surface area contributed by atoms with Crippen molar-refractivity contribution in [1.29, 1.82) is 0 Å². The van der Waals surface area contributed by atoms with Gasteiger partial charge in [-0.2, -0.15) is 0 Å². The predicted molar refractivity (Wildman–Crippen MR) is 53.4 cm³/mol. The molecule has 0 atom stereocenters. The first-order valence-corrected chi connectivity index (χ1v) is 4.99. The molecule has 0 spiro atoms. The molecule has 4 heteroatoms. The molecule has 0 bridgehead atoms. The minimum absolute atomic E-state index is 0.611. The Balaban J connectivity index is 2.24. The van der Waals surface area contributed by atoms with E-state index in [2.05, 4.69) is 28.8 Å². The van der Waals surface area contributed by atoms with Gasteiger partial charge < -0.3 is 4.90 Å². The summed E-state index contributed by atoms with van der Waals surface area (Å²) in [5.41, 5.74) is 8.16. The molecular formula is C9H18N4. The summed E-state index contributed by atoms with van der Waals surface area (Å²) in [5.74, 6) is 0.701. The predicted octanol–water partition coefficient (Wildman–Crippen LogP) is 2.42. The van der Waals surface area contributed by atoms with Crippen molar-refractivity contribution in [3.8, 4) is 0 Å².